The number of hydrogen-bond donors (Lipinski definition) is 1. The minimum absolute atomic E-state index is 0.0331. The van der Waals surface area contributed by atoms with Crippen LogP contribution in [-0.2, 0) is 0 Å². The minimum Gasteiger partial charge on any atom is -0.378 e. The summed E-state index contributed by atoms with van der Waals surface area (Å²) in [4.78, 5) is 10.4. The Morgan fingerprint density at radius 1 is 1.35 bits per heavy atom. The summed E-state index contributed by atoms with van der Waals surface area (Å²) in [7, 11) is 0. The molecule has 6 nitrogen and oxygen atoms in total. The van der Waals surface area contributed by atoms with E-state index in [-0.39, 0.29) is 17.5 Å². The van der Waals surface area contributed by atoms with Gasteiger partial charge in [0.15, 0.2) is 0 Å². The van der Waals surface area contributed by atoms with Gasteiger partial charge in [0.05, 0.1) is 11.0 Å². The average Bonchev–Trinajstić information content (AvgIpc) is 2.48. The molecular weight excluding hydrogens is 220 g/mol. The molecule has 1 heterocycles. The van der Waals surface area contributed by atoms with Crippen LogP contribution < -0.4 is 5.73 Å². The van der Waals surface area contributed by atoms with Gasteiger partial charge in [0.1, 0.15) is 5.69 Å². The number of rotatable bonds is 2. The molecular formula is C11H18N4O2. The minimum atomic E-state index is -0.440. The second kappa shape index (κ2) is 4.73. The lowest BCUT2D eigenvalue weighted by molar-refractivity contribution is -0.384. The first kappa shape index (κ1) is 11.9. The normalized spacial score (nSPS) is 17.9. The molecule has 6 heteroatoms. The molecule has 0 bridgehead atoms. The lowest BCUT2D eigenvalue weighted by Gasteiger charge is -2.15. The zero-order chi connectivity index (χ0) is 12.4. The first-order valence-electron chi connectivity index (χ1n) is 6.10. The first-order chi connectivity index (χ1) is 8.11. The number of nitro groups is 1. The van der Waals surface area contributed by atoms with Crippen molar-refractivity contribution in [3.05, 3.63) is 15.8 Å². The Balaban J connectivity index is 2.31. The molecule has 0 unspecified atom stereocenters. The number of hydrogen-bond acceptors (Lipinski definition) is 4. The lowest BCUT2D eigenvalue weighted by atomic mass is 10.1. The number of anilines is 1. The Bertz CT molecular complexity index is 419. The van der Waals surface area contributed by atoms with Gasteiger partial charge in [-0.25, -0.2) is 4.68 Å². The SMILES string of the molecule is Cc1nn(C2CCCCCC2)c(N)c1[N+](=O)[O-]. The van der Waals surface area contributed by atoms with Crippen LogP contribution in [-0.4, -0.2) is 14.7 Å². The Kier molecular flexibility index (Phi) is 3.31. The predicted molar refractivity (Wildman–Crippen MR) is 64.8 cm³/mol. The van der Waals surface area contributed by atoms with Gasteiger partial charge in [-0.05, 0) is 19.8 Å². The van der Waals surface area contributed by atoms with E-state index in [2.05, 4.69) is 5.10 Å². The van der Waals surface area contributed by atoms with Crippen molar-refractivity contribution in [1.29, 1.82) is 0 Å². The van der Waals surface area contributed by atoms with Gasteiger partial charge in [-0.2, -0.15) is 5.10 Å². The van der Waals surface area contributed by atoms with Crippen molar-refractivity contribution in [3.63, 3.8) is 0 Å². The molecule has 1 saturated carbocycles. The topological polar surface area (TPSA) is 87.0 Å². The van der Waals surface area contributed by atoms with Gasteiger partial charge in [-0.1, -0.05) is 25.7 Å². The zero-order valence-corrected chi connectivity index (χ0v) is 10.1. The molecule has 1 aliphatic carbocycles. The summed E-state index contributed by atoms with van der Waals surface area (Å²) in [5, 5.41) is 15.1. The second-order valence-corrected chi connectivity index (χ2v) is 4.67. The molecule has 0 amide bonds. The highest BCUT2D eigenvalue weighted by molar-refractivity contribution is 5.56. The van der Waals surface area contributed by atoms with Crippen LogP contribution in [0.1, 0.15) is 50.3 Å². The highest BCUT2D eigenvalue weighted by atomic mass is 16.6. The summed E-state index contributed by atoms with van der Waals surface area (Å²) in [5.41, 5.74) is 6.23. The van der Waals surface area contributed by atoms with Crippen LogP contribution in [0.5, 0.6) is 0 Å². The largest absolute Gasteiger partial charge is 0.378 e. The predicted octanol–water partition coefficient (Wildman–Crippen LogP) is 2.58. The number of nitrogens with zero attached hydrogens (tertiary/aromatic N) is 3. The molecule has 1 fully saturated rings. The van der Waals surface area contributed by atoms with Crippen molar-refractivity contribution in [2.24, 2.45) is 0 Å². The van der Waals surface area contributed by atoms with Crippen molar-refractivity contribution in [2.75, 3.05) is 5.73 Å². The van der Waals surface area contributed by atoms with Gasteiger partial charge in [0.2, 0.25) is 5.82 Å². The van der Waals surface area contributed by atoms with Gasteiger partial charge in [-0.15, -0.1) is 0 Å². The Labute approximate surface area is 99.9 Å². The first-order valence-corrected chi connectivity index (χ1v) is 6.10. The summed E-state index contributed by atoms with van der Waals surface area (Å²) in [6.07, 6.45) is 6.80. The van der Waals surface area contributed by atoms with E-state index in [9.17, 15) is 10.1 Å². The summed E-state index contributed by atoms with van der Waals surface area (Å²) in [6.45, 7) is 1.64. The molecule has 0 saturated heterocycles. The van der Waals surface area contributed by atoms with E-state index < -0.39 is 4.92 Å². The Morgan fingerprint density at radius 2 is 1.94 bits per heavy atom. The Morgan fingerprint density at radius 3 is 2.41 bits per heavy atom. The molecule has 2 rings (SSSR count). The summed E-state index contributed by atoms with van der Waals surface area (Å²) >= 11 is 0. The molecule has 1 aliphatic rings. The summed E-state index contributed by atoms with van der Waals surface area (Å²) in [5.74, 6) is 0.208. The van der Waals surface area contributed by atoms with Crippen molar-refractivity contribution >= 4 is 11.5 Å². The molecule has 2 N–H and O–H groups in total. The smallest absolute Gasteiger partial charge is 0.333 e. The number of aromatic nitrogens is 2. The van der Waals surface area contributed by atoms with E-state index in [1.54, 1.807) is 11.6 Å². The van der Waals surface area contributed by atoms with Gasteiger partial charge >= 0.3 is 5.69 Å². The van der Waals surface area contributed by atoms with Gasteiger partial charge in [0.25, 0.3) is 0 Å². The molecule has 0 radical (unpaired) electrons. The van der Waals surface area contributed by atoms with Crippen molar-refractivity contribution in [1.82, 2.24) is 9.78 Å². The standard InChI is InChI=1S/C11H18N4O2/c1-8-10(15(16)17)11(12)14(13-8)9-6-4-2-3-5-7-9/h9H,2-7,12H2,1H3. The van der Waals surface area contributed by atoms with E-state index in [1.807, 2.05) is 0 Å². The van der Waals surface area contributed by atoms with Gasteiger partial charge in [0, 0.05) is 0 Å². The van der Waals surface area contributed by atoms with Gasteiger partial charge < -0.3 is 5.73 Å². The molecule has 1 aromatic rings. The van der Waals surface area contributed by atoms with Gasteiger partial charge in [-0.3, -0.25) is 10.1 Å². The van der Waals surface area contributed by atoms with Crippen LogP contribution in [0.15, 0.2) is 0 Å². The average molecular weight is 238 g/mol. The maximum atomic E-state index is 10.9. The fourth-order valence-corrected chi connectivity index (χ4v) is 2.56. The van der Waals surface area contributed by atoms with Crippen molar-refractivity contribution in [3.8, 4) is 0 Å². The summed E-state index contributed by atoms with van der Waals surface area (Å²) < 4.78 is 1.67. The third kappa shape index (κ3) is 2.25. The van der Waals surface area contributed by atoms with E-state index in [0.29, 0.717) is 5.69 Å². The fraction of sp³-hybridized carbons (Fsp3) is 0.727. The van der Waals surface area contributed by atoms with E-state index in [0.717, 1.165) is 25.7 Å². The van der Waals surface area contributed by atoms with Crippen LogP contribution in [0, 0.1) is 17.0 Å². The molecule has 0 aliphatic heterocycles. The van der Waals surface area contributed by atoms with Crippen molar-refractivity contribution < 1.29 is 4.92 Å². The van der Waals surface area contributed by atoms with Crippen LogP contribution in [0.3, 0.4) is 0 Å². The number of nitrogen functional groups attached to an aromatic ring is 1. The third-order valence-electron chi connectivity index (χ3n) is 3.44. The molecule has 0 aromatic carbocycles. The molecule has 0 spiro atoms. The fourth-order valence-electron chi connectivity index (χ4n) is 2.56. The van der Waals surface area contributed by atoms with E-state index in [1.165, 1.54) is 12.8 Å². The van der Waals surface area contributed by atoms with Crippen LogP contribution in [0.25, 0.3) is 0 Å². The molecule has 17 heavy (non-hydrogen) atoms. The maximum absolute atomic E-state index is 10.9. The van der Waals surface area contributed by atoms with Crippen LogP contribution in [0.4, 0.5) is 11.5 Å². The molecule has 94 valence electrons. The highest BCUT2D eigenvalue weighted by Crippen LogP contribution is 2.33. The quantitative estimate of drug-likeness (QED) is 0.487. The van der Waals surface area contributed by atoms with E-state index in [4.69, 9.17) is 5.73 Å². The van der Waals surface area contributed by atoms with E-state index >= 15 is 0 Å². The second-order valence-electron chi connectivity index (χ2n) is 4.67. The lowest BCUT2D eigenvalue weighted by Crippen LogP contribution is -2.13. The monoisotopic (exact) mass is 238 g/mol. The molecule has 1 aromatic heterocycles. The molecule has 0 atom stereocenters. The summed E-state index contributed by atoms with van der Waals surface area (Å²) in [6, 6.07) is 0.227. The number of aryl methyl sites for hydroxylation is 1. The number of nitrogens with two attached hydrogens (primary N) is 1. The van der Waals surface area contributed by atoms with Crippen molar-refractivity contribution in [2.45, 2.75) is 51.5 Å². The van der Waals surface area contributed by atoms with Crippen LogP contribution >= 0.6 is 0 Å². The maximum Gasteiger partial charge on any atom is 0.333 e. The van der Waals surface area contributed by atoms with Crippen LogP contribution in [0.2, 0.25) is 0 Å². The Hall–Kier alpha value is -1.59. The third-order valence-corrected chi connectivity index (χ3v) is 3.44. The highest BCUT2D eigenvalue weighted by Gasteiger charge is 2.27. The zero-order valence-electron chi connectivity index (χ0n) is 10.1.